The second kappa shape index (κ2) is 9.22. The van der Waals surface area contributed by atoms with E-state index < -0.39 is 17.6 Å². The third kappa shape index (κ3) is 5.07. The van der Waals surface area contributed by atoms with Crippen LogP contribution >= 0.6 is 0 Å². The molecule has 0 aliphatic rings. The van der Waals surface area contributed by atoms with Gasteiger partial charge in [0.2, 0.25) is 0 Å². The summed E-state index contributed by atoms with van der Waals surface area (Å²) in [6, 6.07) is 10.7. The minimum Gasteiger partial charge on any atom is -0.493 e. The number of hydrogen-bond donors (Lipinski definition) is 2. The lowest BCUT2D eigenvalue weighted by molar-refractivity contribution is -0.117. The topological polar surface area (TPSA) is 76.7 Å². The minimum absolute atomic E-state index is 0.159. The van der Waals surface area contributed by atoms with Crippen LogP contribution in [-0.2, 0) is 4.79 Å². The van der Waals surface area contributed by atoms with Gasteiger partial charge in [0, 0.05) is 6.08 Å². The molecule has 0 spiro atoms. The molecule has 2 rings (SSSR count). The number of halogens is 1. The Morgan fingerprint density at radius 2 is 1.88 bits per heavy atom. The molecule has 0 unspecified atom stereocenters. The number of hydrogen-bond acceptors (Lipinski definition) is 4. The van der Waals surface area contributed by atoms with E-state index in [1.165, 1.54) is 24.3 Å². The number of ether oxygens (including phenoxy) is 2. The maximum atomic E-state index is 13.5. The Balaban J connectivity index is 1.96. The summed E-state index contributed by atoms with van der Waals surface area (Å²) in [6.07, 6.45) is 2.78. The van der Waals surface area contributed by atoms with Crippen molar-refractivity contribution in [2.75, 3.05) is 13.7 Å². The average molecular weight is 358 g/mol. The smallest absolute Gasteiger partial charge is 0.272 e. The molecule has 136 valence electrons. The maximum Gasteiger partial charge on any atom is 0.272 e. The summed E-state index contributed by atoms with van der Waals surface area (Å²) in [4.78, 5) is 23.6. The van der Waals surface area contributed by atoms with Gasteiger partial charge in [-0.15, -0.1) is 0 Å². The number of carbonyl (C=O) groups is 2. The van der Waals surface area contributed by atoms with Crippen molar-refractivity contribution < 1.29 is 23.5 Å². The SMILES string of the molecule is CCOc1cc(/C=C/C(=O)NNC(=O)c2ccccc2F)ccc1OC. The molecule has 26 heavy (non-hydrogen) atoms. The van der Waals surface area contributed by atoms with Gasteiger partial charge in [-0.3, -0.25) is 20.4 Å². The molecular formula is C19H19FN2O4. The van der Waals surface area contributed by atoms with Crippen LogP contribution in [0.25, 0.3) is 6.08 Å². The van der Waals surface area contributed by atoms with Crippen LogP contribution in [0.4, 0.5) is 4.39 Å². The van der Waals surface area contributed by atoms with E-state index in [1.54, 1.807) is 31.4 Å². The number of methoxy groups -OCH3 is 1. The van der Waals surface area contributed by atoms with Gasteiger partial charge in [0.15, 0.2) is 11.5 Å². The number of hydrazine groups is 1. The van der Waals surface area contributed by atoms with Gasteiger partial charge < -0.3 is 9.47 Å². The van der Waals surface area contributed by atoms with Crippen LogP contribution in [0, 0.1) is 5.82 Å². The second-order valence-electron chi connectivity index (χ2n) is 5.10. The molecule has 7 heteroatoms. The lowest BCUT2D eigenvalue weighted by Gasteiger charge is -2.09. The van der Waals surface area contributed by atoms with Gasteiger partial charge in [0.1, 0.15) is 5.82 Å². The molecule has 0 fully saturated rings. The number of nitrogens with one attached hydrogen (secondary N) is 2. The Labute approximate surface area is 150 Å². The molecule has 2 aromatic rings. The summed E-state index contributed by atoms with van der Waals surface area (Å²) in [6.45, 7) is 2.33. The van der Waals surface area contributed by atoms with Crippen molar-refractivity contribution in [3.63, 3.8) is 0 Å². The molecule has 2 amide bonds. The monoisotopic (exact) mass is 358 g/mol. The Morgan fingerprint density at radius 3 is 2.58 bits per heavy atom. The largest absolute Gasteiger partial charge is 0.493 e. The Hall–Kier alpha value is -3.35. The Bertz CT molecular complexity index is 821. The summed E-state index contributed by atoms with van der Waals surface area (Å²) in [5.41, 5.74) is 4.90. The highest BCUT2D eigenvalue weighted by atomic mass is 19.1. The normalized spacial score (nSPS) is 10.4. The van der Waals surface area contributed by atoms with Crippen molar-refractivity contribution in [2.45, 2.75) is 6.92 Å². The quantitative estimate of drug-likeness (QED) is 0.615. The standard InChI is InChI=1S/C19H19FN2O4/c1-3-26-17-12-13(8-10-16(17)25-2)9-11-18(23)21-22-19(24)14-6-4-5-7-15(14)20/h4-12H,3H2,1-2H3,(H,21,23)(H,22,24)/b11-9+. The van der Waals surface area contributed by atoms with Crippen molar-refractivity contribution in [3.8, 4) is 11.5 Å². The lowest BCUT2D eigenvalue weighted by atomic mass is 10.2. The van der Waals surface area contributed by atoms with Gasteiger partial charge in [-0.2, -0.15) is 0 Å². The summed E-state index contributed by atoms with van der Waals surface area (Å²) >= 11 is 0. The summed E-state index contributed by atoms with van der Waals surface area (Å²) < 4.78 is 24.1. The predicted octanol–water partition coefficient (Wildman–Crippen LogP) is 2.71. The number of amides is 2. The minimum atomic E-state index is -0.743. The zero-order valence-electron chi connectivity index (χ0n) is 14.4. The highest BCUT2D eigenvalue weighted by molar-refractivity contribution is 5.98. The number of rotatable bonds is 6. The van der Waals surface area contributed by atoms with E-state index in [4.69, 9.17) is 9.47 Å². The van der Waals surface area contributed by atoms with E-state index >= 15 is 0 Å². The first-order valence-electron chi connectivity index (χ1n) is 7.89. The lowest BCUT2D eigenvalue weighted by Crippen LogP contribution is -2.41. The van der Waals surface area contributed by atoms with E-state index in [9.17, 15) is 14.0 Å². The van der Waals surface area contributed by atoms with Crippen molar-refractivity contribution >= 4 is 17.9 Å². The highest BCUT2D eigenvalue weighted by Gasteiger charge is 2.10. The fraction of sp³-hybridized carbons (Fsp3) is 0.158. The van der Waals surface area contributed by atoms with Gasteiger partial charge in [0.05, 0.1) is 19.3 Å². The van der Waals surface area contributed by atoms with Gasteiger partial charge in [-0.25, -0.2) is 4.39 Å². The van der Waals surface area contributed by atoms with Crippen LogP contribution in [0.5, 0.6) is 11.5 Å². The molecule has 0 saturated carbocycles. The van der Waals surface area contributed by atoms with Crippen LogP contribution in [0.1, 0.15) is 22.8 Å². The molecule has 0 bridgehead atoms. The summed E-state index contributed by atoms with van der Waals surface area (Å²) in [5, 5.41) is 0. The second-order valence-corrected chi connectivity index (χ2v) is 5.10. The predicted molar refractivity (Wildman–Crippen MR) is 95.2 cm³/mol. The van der Waals surface area contributed by atoms with Crippen LogP contribution in [0.3, 0.4) is 0 Å². The van der Waals surface area contributed by atoms with Gasteiger partial charge >= 0.3 is 0 Å². The van der Waals surface area contributed by atoms with Crippen molar-refractivity contribution in [3.05, 3.63) is 65.5 Å². The van der Waals surface area contributed by atoms with E-state index in [0.717, 1.165) is 6.07 Å². The first kappa shape index (κ1) is 19.0. The molecule has 2 aromatic carbocycles. The third-order valence-corrected chi connectivity index (χ3v) is 3.33. The Morgan fingerprint density at radius 1 is 1.12 bits per heavy atom. The zero-order chi connectivity index (χ0) is 18.9. The van der Waals surface area contributed by atoms with E-state index in [0.29, 0.717) is 23.7 Å². The maximum absolute atomic E-state index is 13.5. The van der Waals surface area contributed by atoms with Crippen molar-refractivity contribution in [1.82, 2.24) is 10.9 Å². The first-order valence-corrected chi connectivity index (χ1v) is 7.89. The molecule has 0 atom stereocenters. The molecule has 0 aromatic heterocycles. The molecule has 6 nitrogen and oxygen atoms in total. The zero-order valence-corrected chi connectivity index (χ0v) is 14.4. The fourth-order valence-electron chi connectivity index (χ4n) is 2.11. The third-order valence-electron chi connectivity index (χ3n) is 3.33. The highest BCUT2D eigenvalue weighted by Crippen LogP contribution is 2.28. The number of benzene rings is 2. The van der Waals surface area contributed by atoms with Crippen LogP contribution in [0.2, 0.25) is 0 Å². The van der Waals surface area contributed by atoms with Crippen LogP contribution < -0.4 is 20.3 Å². The molecule has 0 saturated heterocycles. The van der Waals surface area contributed by atoms with E-state index in [2.05, 4.69) is 10.9 Å². The fourth-order valence-corrected chi connectivity index (χ4v) is 2.11. The van der Waals surface area contributed by atoms with Crippen LogP contribution in [0.15, 0.2) is 48.5 Å². The van der Waals surface area contributed by atoms with Gasteiger partial charge in [0.25, 0.3) is 11.8 Å². The van der Waals surface area contributed by atoms with E-state index in [1.807, 2.05) is 6.92 Å². The molecule has 0 heterocycles. The average Bonchev–Trinajstić information content (AvgIpc) is 2.65. The summed E-state index contributed by atoms with van der Waals surface area (Å²) in [7, 11) is 1.54. The Kier molecular flexibility index (Phi) is 6.73. The van der Waals surface area contributed by atoms with Gasteiger partial charge in [-0.05, 0) is 42.8 Å². The first-order chi connectivity index (χ1) is 12.5. The van der Waals surface area contributed by atoms with Crippen LogP contribution in [-0.4, -0.2) is 25.5 Å². The van der Waals surface area contributed by atoms with Crippen molar-refractivity contribution in [1.29, 1.82) is 0 Å². The molecule has 2 N–H and O–H groups in total. The van der Waals surface area contributed by atoms with Crippen molar-refractivity contribution in [2.24, 2.45) is 0 Å². The molecular weight excluding hydrogens is 339 g/mol. The molecule has 0 aliphatic heterocycles. The molecule has 0 aliphatic carbocycles. The number of carbonyl (C=O) groups excluding carboxylic acids is 2. The van der Waals surface area contributed by atoms with E-state index in [-0.39, 0.29) is 5.56 Å². The molecule has 0 radical (unpaired) electrons. The van der Waals surface area contributed by atoms with Gasteiger partial charge in [-0.1, -0.05) is 18.2 Å². The summed E-state index contributed by atoms with van der Waals surface area (Å²) in [5.74, 6) is -0.830.